The van der Waals surface area contributed by atoms with E-state index in [1.54, 1.807) is 12.1 Å². The number of anilines is 3. The number of nitrogen functional groups attached to an aromatic ring is 1. The first-order valence-corrected chi connectivity index (χ1v) is 9.53. The molecule has 9 heteroatoms. The van der Waals surface area contributed by atoms with Crippen molar-refractivity contribution in [3.05, 3.63) is 66.2 Å². The highest BCUT2D eigenvalue weighted by atomic mass is 32.2. The molecule has 0 bridgehead atoms. The van der Waals surface area contributed by atoms with Crippen molar-refractivity contribution in [3.63, 3.8) is 0 Å². The summed E-state index contributed by atoms with van der Waals surface area (Å²) in [5.74, 6) is 0.732. The van der Waals surface area contributed by atoms with Crippen molar-refractivity contribution in [2.45, 2.75) is 17.9 Å². The zero-order valence-corrected chi connectivity index (χ0v) is 16.2. The Labute approximate surface area is 171 Å². The molecule has 2 aromatic carbocycles. The molecular weight excluding hydrogens is 389 g/mol. The summed E-state index contributed by atoms with van der Waals surface area (Å²) in [7, 11) is 0. The van der Waals surface area contributed by atoms with Crippen molar-refractivity contribution in [3.8, 4) is 6.07 Å². The van der Waals surface area contributed by atoms with E-state index < -0.39 is 0 Å². The van der Waals surface area contributed by atoms with E-state index in [9.17, 15) is 9.65 Å². The van der Waals surface area contributed by atoms with Gasteiger partial charge in [0.2, 0.25) is 0 Å². The van der Waals surface area contributed by atoms with Gasteiger partial charge < -0.3 is 11.1 Å². The SMILES string of the molecule is CC(Nc1ncnc(N)c1C#N)C1=Nc2cccc(F)c2SN1c1ccccc1. The second-order valence-electron chi connectivity index (χ2n) is 6.24. The van der Waals surface area contributed by atoms with Crippen LogP contribution >= 0.6 is 11.9 Å². The molecule has 29 heavy (non-hydrogen) atoms. The predicted molar refractivity (Wildman–Crippen MR) is 113 cm³/mol. The van der Waals surface area contributed by atoms with Crippen molar-refractivity contribution in [1.82, 2.24) is 9.97 Å². The second-order valence-corrected chi connectivity index (χ2v) is 7.20. The molecule has 1 unspecified atom stereocenters. The standard InChI is InChI=1S/C20H16FN7S/c1-12(26-19-14(10-22)18(23)24-11-25-19)20-27-16-9-5-8-15(21)17(16)29-28(20)13-6-3-2-4-7-13/h2-9,11-12H,1H3,(H3,23,24,25,26). The molecule has 2 heterocycles. The first-order chi connectivity index (χ1) is 14.1. The Morgan fingerprint density at radius 2 is 1.97 bits per heavy atom. The molecule has 1 atom stereocenters. The lowest BCUT2D eigenvalue weighted by molar-refractivity contribution is 0.602. The van der Waals surface area contributed by atoms with Crippen LogP contribution in [0.2, 0.25) is 0 Å². The number of para-hydroxylation sites is 1. The number of benzene rings is 2. The Bertz CT molecular complexity index is 1130. The maximum atomic E-state index is 14.4. The van der Waals surface area contributed by atoms with Crippen molar-refractivity contribution in [2.75, 3.05) is 15.4 Å². The molecule has 7 nitrogen and oxygen atoms in total. The zero-order chi connectivity index (χ0) is 20.4. The van der Waals surface area contributed by atoms with E-state index in [1.165, 1.54) is 24.3 Å². The Balaban J connectivity index is 1.76. The third-order valence-corrected chi connectivity index (χ3v) is 5.46. The number of nitrogens with one attached hydrogen (secondary N) is 1. The fraction of sp³-hybridized carbons (Fsp3) is 0.100. The molecule has 3 aromatic rings. The van der Waals surface area contributed by atoms with Gasteiger partial charge in [-0.25, -0.2) is 19.4 Å². The number of halogens is 1. The van der Waals surface area contributed by atoms with Crippen LogP contribution in [0.25, 0.3) is 0 Å². The van der Waals surface area contributed by atoms with Gasteiger partial charge in [0.05, 0.1) is 22.3 Å². The van der Waals surface area contributed by atoms with E-state index in [0.29, 0.717) is 22.2 Å². The van der Waals surface area contributed by atoms with Gasteiger partial charge in [0.25, 0.3) is 0 Å². The summed E-state index contributed by atoms with van der Waals surface area (Å²) in [6.07, 6.45) is 1.29. The molecule has 4 rings (SSSR count). The van der Waals surface area contributed by atoms with Gasteiger partial charge in [-0.05, 0) is 43.1 Å². The highest BCUT2D eigenvalue weighted by Gasteiger charge is 2.29. The predicted octanol–water partition coefficient (Wildman–Crippen LogP) is 4.13. The van der Waals surface area contributed by atoms with Crippen LogP contribution in [0.4, 0.5) is 27.4 Å². The van der Waals surface area contributed by atoms with Gasteiger partial charge in [-0.3, -0.25) is 4.31 Å². The molecule has 0 saturated heterocycles. The number of fused-ring (bicyclic) bond motifs is 1. The third kappa shape index (κ3) is 3.58. The van der Waals surface area contributed by atoms with Crippen molar-refractivity contribution >= 4 is 40.8 Å². The Hall–Kier alpha value is -3.64. The van der Waals surface area contributed by atoms with Crippen LogP contribution in [0.3, 0.4) is 0 Å². The minimum atomic E-state index is -0.361. The Morgan fingerprint density at radius 3 is 2.72 bits per heavy atom. The lowest BCUT2D eigenvalue weighted by Crippen LogP contribution is -2.39. The van der Waals surface area contributed by atoms with Crippen molar-refractivity contribution in [1.29, 1.82) is 5.26 Å². The minimum absolute atomic E-state index is 0.101. The van der Waals surface area contributed by atoms with Gasteiger partial charge in [-0.2, -0.15) is 5.26 Å². The molecule has 1 aliphatic rings. The highest BCUT2D eigenvalue weighted by Crippen LogP contribution is 2.42. The molecule has 0 fully saturated rings. The third-order valence-electron chi connectivity index (χ3n) is 4.29. The number of rotatable bonds is 4. The summed E-state index contributed by atoms with van der Waals surface area (Å²) in [6.45, 7) is 1.89. The summed E-state index contributed by atoms with van der Waals surface area (Å²) in [5.41, 5.74) is 7.35. The number of amidine groups is 1. The van der Waals surface area contributed by atoms with Crippen LogP contribution in [-0.4, -0.2) is 21.8 Å². The fourth-order valence-electron chi connectivity index (χ4n) is 2.89. The quantitative estimate of drug-likeness (QED) is 0.629. The fourth-order valence-corrected chi connectivity index (χ4v) is 3.96. The molecule has 1 aliphatic heterocycles. The Kier molecular flexibility index (Phi) is 5.01. The van der Waals surface area contributed by atoms with E-state index in [-0.39, 0.29) is 23.2 Å². The van der Waals surface area contributed by atoms with Gasteiger partial charge >= 0.3 is 0 Å². The number of nitriles is 1. The highest BCUT2D eigenvalue weighted by molar-refractivity contribution is 8.01. The molecule has 1 aromatic heterocycles. The monoisotopic (exact) mass is 405 g/mol. The van der Waals surface area contributed by atoms with Crippen LogP contribution in [0.1, 0.15) is 12.5 Å². The van der Waals surface area contributed by atoms with Gasteiger partial charge in [0, 0.05) is 0 Å². The van der Waals surface area contributed by atoms with E-state index in [4.69, 9.17) is 10.7 Å². The number of nitrogens with zero attached hydrogens (tertiary/aromatic N) is 5. The van der Waals surface area contributed by atoms with Crippen molar-refractivity contribution < 1.29 is 4.39 Å². The zero-order valence-electron chi connectivity index (χ0n) is 15.4. The lowest BCUT2D eigenvalue weighted by Gasteiger charge is -2.32. The van der Waals surface area contributed by atoms with Crippen molar-refractivity contribution in [2.24, 2.45) is 4.99 Å². The molecule has 3 N–H and O–H groups in total. The summed E-state index contributed by atoms with van der Waals surface area (Å²) in [4.78, 5) is 13.1. The number of aromatic nitrogens is 2. The van der Waals surface area contributed by atoms with E-state index >= 15 is 0 Å². The number of aliphatic imine (C=N–C) groups is 1. The molecule has 0 spiro atoms. The molecule has 0 radical (unpaired) electrons. The van der Waals surface area contributed by atoms with E-state index in [1.807, 2.05) is 47.6 Å². The second kappa shape index (κ2) is 7.77. The van der Waals surface area contributed by atoms with E-state index in [0.717, 1.165) is 5.69 Å². The lowest BCUT2D eigenvalue weighted by atomic mass is 10.2. The van der Waals surface area contributed by atoms with Crippen LogP contribution in [0.15, 0.2) is 64.7 Å². The maximum absolute atomic E-state index is 14.4. The summed E-state index contributed by atoms with van der Waals surface area (Å²) < 4.78 is 16.2. The average Bonchev–Trinajstić information content (AvgIpc) is 2.74. The molecule has 144 valence electrons. The smallest absolute Gasteiger partial charge is 0.150 e. The topological polar surface area (TPSA) is 103 Å². The normalized spacial score (nSPS) is 13.8. The van der Waals surface area contributed by atoms with E-state index in [2.05, 4.69) is 15.3 Å². The first kappa shape index (κ1) is 18.7. The largest absolute Gasteiger partial charge is 0.382 e. The first-order valence-electron chi connectivity index (χ1n) is 8.76. The van der Waals surface area contributed by atoms with Gasteiger partial charge in [-0.15, -0.1) is 0 Å². The number of hydrogen-bond acceptors (Lipinski definition) is 8. The number of nitrogens with two attached hydrogens (primary N) is 1. The van der Waals surface area contributed by atoms with Gasteiger partial charge in [0.1, 0.15) is 41.2 Å². The molecule has 0 amide bonds. The van der Waals surface area contributed by atoms with Crippen LogP contribution in [-0.2, 0) is 0 Å². The molecule has 0 saturated carbocycles. The summed E-state index contributed by atoms with van der Waals surface area (Å²) in [5, 5.41) is 12.6. The van der Waals surface area contributed by atoms with Crippen LogP contribution in [0.5, 0.6) is 0 Å². The summed E-state index contributed by atoms with van der Waals surface area (Å²) >= 11 is 1.26. The number of hydrogen-bond donors (Lipinski definition) is 2. The Morgan fingerprint density at radius 1 is 1.17 bits per heavy atom. The van der Waals surface area contributed by atoms with Gasteiger partial charge in [0.15, 0.2) is 0 Å². The van der Waals surface area contributed by atoms with Crippen LogP contribution in [0, 0.1) is 17.1 Å². The molecular formula is C20H16FN7S. The maximum Gasteiger partial charge on any atom is 0.150 e. The average molecular weight is 405 g/mol. The minimum Gasteiger partial charge on any atom is -0.382 e. The van der Waals surface area contributed by atoms with Crippen LogP contribution < -0.4 is 15.4 Å². The molecule has 0 aliphatic carbocycles. The van der Waals surface area contributed by atoms with Gasteiger partial charge in [-0.1, -0.05) is 24.3 Å². The summed E-state index contributed by atoms with van der Waals surface area (Å²) in [6, 6.07) is 16.0.